The third-order valence-corrected chi connectivity index (χ3v) is 4.16. The fourth-order valence-corrected chi connectivity index (χ4v) is 2.87. The van der Waals surface area contributed by atoms with Crippen molar-refractivity contribution in [2.24, 2.45) is 5.92 Å². The molecule has 0 spiro atoms. The van der Waals surface area contributed by atoms with Gasteiger partial charge in [0.1, 0.15) is 0 Å². The van der Waals surface area contributed by atoms with Crippen LogP contribution in [0.1, 0.15) is 105 Å². The summed E-state index contributed by atoms with van der Waals surface area (Å²) in [5.74, 6) is 0.0871. The average molecular weight is 357 g/mol. The molecule has 0 rings (SSSR count). The van der Waals surface area contributed by atoms with Crippen molar-refractivity contribution in [3.05, 3.63) is 0 Å². The molecule has 0 aliphatic carbocycles. The molecule has 25 heavy (non-hydrogen) atoms. The average Bonchev–Trinajstić information content (AvgIpc) is 2.52. The molecule has 0 saturated carbocycles. The first-order chi connectivity index (χ1) is 12.0. The van der Waals surface area contributed by atoms with Crippen LogP contribution >= 0.6 is 0 Å². The third kappa shape index (κ3) is 17.6. The lowest BCUT2D eigenvalue weighted by Crippen LogP contribution is -2.17. The number of carbonyl (C=O) groups excluding carboxylic acids is 2. The van der Waals surface area contributed by atoms with Crippen LogP contribution in [-0.2, 0) is 19.1 Å². The molecule has 0 heterocycles. The van der Waals surface area contributed by atoms with E-state index in [0.29, 0.717) is 25.4 Å². The smallest absolute Gasteiger partial charge is 0.306 e. The van der Waals surface area contributed by atoms with Crippen LogP contribution in [0.4, 0.5) is 0 Å². The maximum atomic E-state index is 11.7. The monoisotopic (exact) mass is 356 g/mol. The van der Waals surface area contributed by atoms with Gasteiger partial charge in [0.05, 0.1) is 12.7 Å². The maximum absolute atomic E-state index is 11.7. The van der Waals surface area contributed by atoms with Gasteiger partial charge in [0.2, 0.25) is 0 Å². The van der Waals surface area contributed by atoms with Crippen LogP contribution < -0.4 is 0 Å². The van der Waals surface area contributed by atoms with Gasteiger partial charge < -0.3 is 9.47 Å². The highest BCUT2D eigenvalue weighted by Gasteiger charge is 2.12. The Labute approximate surface area is 155 Å². The number of unbranched alkanes of at least 4 members (excludes halogenated alkanes) is 7. The van der Waals surface area contributed by atoms with Crippen molar-refractivity contribution in [3.63, 3.8) is 0 Å². The summed E-state index contributed by atoms with van der Waals surface area (Å²) in [6.45, 7) is 8.85. The second-order valence-electron chi connectivity index (χ2n) is 7.48. The van der Waals surface area contributed by atoms with Crippen LogP contribution in [0.5, 0.6) is 0 Å². The zero-order chi connectivity index (χ0) is 18.9. The number of rotatable bonds is 16. The fraction of sp³-hybridized carbons (Fsp3) is 0.905. The molecule has 0 aliphatic heterocycles. The molecular weight excluding hydrogens is 316 g/mol. The summed E-state index contributed by atoms with van der Waals surface area (Å²) in [4.78, 5) is 23.3. The first kappa shape index (κ1) is 23.9. The van der Waals surface area contributed by atoms with E-state index in [1.165, 1.54) is 38.5 Å². The van der Waals surface area contributed by atoms with Crippen molar-refractivity contribution in [2.45, 2.75) is 111 Å². The normalized spacial score (nSPS) is 12.2. The topological polar surface area (TPSA) is 52.6 Å². The molecule has 0 N–H and O–H groups in total. The summed E-state index contributed by atoms with van der Waals surface area (Å²) in [7, 11) is 0. The first-order valence-electron chi connectivity index (χ1n) is 10.3. The predicted molar refractivity (Wildman–Crippen MR) is 102 cm³/mol. The van der Waals surface area contributed by atoms with Crippen molar-refractivity contribution in [3.8, 4) is 0 Å². The van der Waals surface area contributed by atoms with Gasteiger partial charge in [-0.2, -0.15) is 0 Å². The predicted octanol–water partition coefficient (Wildman–Crippen LogP) is 5.82. The number of esters is 2. The highest BCUT2D eigenvalue weighted by Crippen LogP contribution is 2.10. The minimum atomic E-state index is -0.218. The zero-order valence-corrected chi connectivity index (χ0v) is 17.0. The molecule has 0 radical (unpaired) electrons. The van der Waals surface area contributed by atoms with E-state index in [0.717, 1.165) is 19.3 Å². The molecule has 1 unspecified atom stereocenters. The van der Waals surface area contributed by atoms with Crippen molar-refractivity contribution in [1.82, 2.24) is 0 Å². The number of carbonyl (C=O) groups is 2. The van der Waals surface area contributed by atoms with E-state index in [1.54, 1.807) is 0 Å². The van der Waals surface area contributed by atoms with Gasteiger partial charge in [0.15, 0.2) is 0 Å². The quantitative estimate of drug-likeness (QED) is 0.258. The van der Waals surface area contributed by atoms with Crippen LogP contribution in [0.3, 0.4) is 0 Å². The Kier molecular flexibility index (Phi) is 15.7. The van der Waals surface area contributed by atoms with Gasteiger partial charge in [-0.05, 0) is 32.1 Å². The maximum Gasteiger partial charge on any atom is 0.306 e. The second kappa shape index (κ2) is 16.4. The van der Waals surface area contributed by atoms with E-state index in [9.17, 15) is 9.59 Å². The number of hydrogen-bond donors (Lipinski definition) is 0. The molecule has 0 saturated heterocycles. The summed E-state index contributed by atoms with van der Waals surface area (Å²) in [6.07, 6.45) is 11.7. The Morgan fingerprint density at radius 1 is 0.760 bits per heavy atom. The molecule has 0 aromatic rings. The SMILES string of the molecule is CCCCCCCCCCOC(=O)CCCC(=O)OC(C)CC(C)C. The molecule has 0 aromatic heterocycles. The molecular formula is C21H40O4. The lowest BCUT2D eigenvalue weighted by atomic mass is 10.1. The Hall–Kier alpha value is -1.06. The Balaban J connectivity index is 3.45. The summed E-state index contributed by atoms with van der Waals surface area (Å²) < 4.78 is 10.5. The Bertz CT molecular complexity index is 339. The number of hydrogen-bond acceptors (Lipinski definition) is 4. The molecule has 4 heteroatoms. The second-order valence-corrected chi connectivity index (χ2v) is 7.48. The van der Waals surface area contributed by atoms with E-state index >= 15 is 0 Å². The molecule has 4 nitrogen and oxygen atoms in total. The molecule has 0 aliphatic rings. The summed E-state index contributed by atoms with van der Waals surface area (Å²) in [6, 6.07) is 0. The third-order valence-electron chi connectivity index (χ3n) is 4.16. The molecule has 0 amide bonds. The van der Waals surface area contributed by atoms with Crippen LogP contribution in [0.2, 0.25) is 0 Å². The molecule has 0 bridgehead atoms. The molecule has 1 atom stereocenters. The van der Waals surface area contributed by atoms with E-state index in [2.05, 4.69) is 20.8 Å². The minimum absolute atomic E-state index is 0.0542. The Morgan fingerprint density at radius 3 is 1.92 bits per heavy atom. The summed E-state index contributed by atoms with van der Waals surface area (Å²) in [5.41, 5.74) is 0. The van der Waals surface area contributed by atoms with Gasteiger partial charge in [-0.25, -0.2) is 0 Å². The highest BCUT2D eigenvalue weighted by molar-refractivity contribution is 5.72. The summed E-state index contributed by atoms with van der Waals surface area (Å²) in [5, 5.41) is 0. The van der Waals surface area contributed by atoms with Crippen LogP contribution in [0.25, 0.3) is 0 Å². The lowest BCUT2D eigenvalue weighted by Gasteiger charge is -2.15. The standard InChI is InChI=1S/C21H40O4/c1-5-6-7-8-9-10-11-12-16-24-20(22)14-13-15-21(23)25-19(4)17-18(2)3/h18-19H,5-17H2,1-4H3. The van der Waals surface area contributed by atoms with E-state index in [4.69, 9.17) is 9.47 Å². The van der Waals surface area contributed by atoms with Crippen molar-refractivity contribution >= 4 is 11.9 Å². The number of ether oxygens (including phenoxy) is 2. The van der Waals surface area contributed by atoms with E-state index in [-0.39, 0.29) is 24.5 Å². The van der Waals surface area contributed by atoms with Gasteiger partial charge in [-0.1, -0.05) is 65.7 Å². The van der Waals surface area contributed by atoms with E-state index in [1.807, 2.05) is 6.92 Å². The molecule has 148 valence electrons. The van der Waals surface area contributed by atoms with Crippen molar-refractivity contribution in [1.29, 1.82) is 0 Å². The Morgan fingerprint density at radius 2 is 1.32 bits per heavy atom. The van der Waals surface area contributed by atoms with Gasteiger partial charge in [-0.15, -0.1) is 0 Å². The molecule has 0 aromatic carbocycles. The lowest BCUT2D eigenvalue weighted by molar-refractivity contribution is -0.149. The zero-order valence-electron chi connectivity index (χ0n) is 17.0. The van der Waals surface area contributed by atoms with Gasteiger partial charge >= 0.3 is 11.9 Å². The summed E-state index contributed by atoms with van der Waals surface area (Å²) >= 11 is 0. The van der Waals surface area contributed by atoms with Crippen molar-refractivity contribution in [2.75, 3.05) is 6.61 Å². The molecule has 0 fully saturated rings. The highest BCUT2D eigenvalue weighted by atomic mass is 16.5. The van der Waals surface area contributed by atoms with E-state index < -0.39 is 0 Å². The van der Waals surface area contributed by atoms with Crippen LogP contribution in [0, 0.1) is 5.92 Å². The van der Waals surface area contributed by atoms with Gasteiger partial charge in [0.25, 0.3) is 0 Å². The fourth-order valence-electron chi connectivity index (χ4n) is 2.87. The van der Waals surface area contributed by atoms with Crippen LogP contribution in [-0.4, -0.2) is 24.6 Å². The van der Waals surface area contributed by atoms with Crippen molar-refractivity contribution < 1.29 is 19.1 Å². The first-order valence-corrected chi connectivity index (χ1v) is 10.3. The van der Waals surface area contributed by atoms with Gasteiger partial charge in [-0.3, -0.25) is 9.59 Å². The van der Waals surface area contributed by atoms with Gasteiger partial charge in [0, 0.05) is 12.8 Å². The van der Waals surface area contributed by atoms with Crippen LogP contribution in [0.15, 0.2) is 0 Å². The minimum Gasteiger partial charge on any atom is -0.466 e. The largest absolute Gasteiger partial charge is 0.466 e.